The van der Waals surface area contributed by atoms with E-state index in [0.717, 1.165) is 11.3 Å². The third-order valence-corrected chi connectivity index (χ3v) is 2.65. The van der Waals surface area contributed by atoms with Gasteiger partial charge in [0, 0.05) is 23.7 Å². The molecule has 0 spiro atoms. The monoisotopic (exact) mass is 257 g/mol. The van der Waals surface area contributed by atoms with Gasteiger partial charge in [-0.05, 0) is 37.3 Å². The van der Waals surface area contributed by atoms with Crippen molar-refractivity contribution >= 4 is 5.91 Å². The molecule has 1 aromatic carbocycles. The van der Waals surface area contributed by atoms with Crippen molar-refractivity contribution in [3.63, 3.8) is 0 Å². The number of aromatic amines is 1. The summed E-state index contributed by atoms with van der Waals surface area (Å²) in [4.78, 5) is 14.9. The van der Waals surface area contributed by atoms with E-state index < -0.39 is 0 Å². The van der Waals surface area contributed by atoms with E-state index in [1.165, 1.54) is 0 Å². The van der Waals surface area contributed by atoms with Crippen molar-refractivity contribution in [2.45, 2.75) is 13.5 Å². The molecule has 0 saturated heterocycles. The molecular weight excluding hydrogens is 240 g/mol. The number of pyridine rings is 1. The number of hydrogen-bond acceptors (Lipinski definition) is 2. The van der Waals surface area contributed by atoms with Crippen LogP contribution >= 0.6 is 0 Å². The van der Waals surface area contributed by atoms with Crippen LogP contribution in [0.5, 0.6) is 5.75 Å². The van der Waals surface area contributed by atoms with Gasteiger partial charge in [-0.3, -0.25) is 4.79 Å². The molecule has 2 aromatic rings. The number of carbonyl (C=O) groups is 1. The molecular formula is C15H17N2O2+. The predicted octanol–water partition coefficient (Wildman–Crippen LogP) is 1.83. The smallest absolute Gasteiger partial charge is 0.251 e. The van der Waals surface area contributed by atoms with Gasteiger partial charge in [-0.1, -0.05) is 0 Å². The van der Waals surface area contributed by atoms with Crippen LogP contribution in [0.15, 0.2) is 48.8 Å². The average molecular weight is 257 g/mol. The molecule has 0 atom stereocenters. The van der Waals surface area contributed by atoms with Crippen LogP contribution in [0.4, 0.5) is 0 Å². The Bertz CT molecular complexity index is 524. The lowest BCUT2D eigenvalue weighted by atomic mass is 10.2. The molecule has 1 amide bonds. The number of rotatable bonds is 5. The Labute approximate surface area is 112 Å². The Hall–Kier alpha value is -2.36. The van der Waals surface area contributed by atoms with E-state index in [9.17, 15) is 4.79 Å². The number of aromatic nitrogens is 1. The molecule has 0 aliphatic carbocycles. The topological polar surface area (TPSA) is 52.5 Å². The fraction of sp³-hybridized carbons (Fsp3) is 0.200. The highest BCUT2D eigenvalue weighted by molar-refractivity contribution is 5.94. The van der Waals surface area contributed by atoms with Gasteiger partial charge < -0.3 is 10.1 Å². The maximum absolute atomic E-state index is 11.9. The minimum atomic E-state index is -0.0908. The molecule has 1 heterocycles. The lowest BCUT2D eigenvalue weighted by Crippen LogP contribution is -2.23. The maximum atomic E-state index is 11.9. The van der Waals surface area contributed by atoms with Gasteiger partial charge in [0.1, 0.15) is 5.75 Å². The van der Waals surface area contributed by atoms with Crippen molar-refractivity contribution in [2.24, 2.45) is 0 Å². The summed E-state index contributed by atoms with van der Waals surface area (Å²) in [6.07, 6.45) is 3.69. The highest BCUT2D eigenvalue weighted by atomic mass is 16.5. The van der Waals surface area contributed by atoms with Crippen LogP contribution in [0.1, 0.15) is 22.8 Å². The second kappa shape index (κ2) is 6.54. The van der Waals surface area contributed by atoms with E-state index in [1.807, 2.05) is 31.5 Å². The van der Waals surface area contributed by atoms with E-state index in [0.29, 0.717) is 18.7 Å². The molecule has 4 heteroatoms. The molecule has 1 aromatic heterocycles. The van der Waals surface area contributed by atoms with Gasteiger partial charge in [0.05, 0.1) is 6.61 Å². The van der Waals surface area contributed by atoms with Gasteiger partial charge in [-0.25, -0.2) is 4.98 Å². The zero-order valence-electron chi connectivity index (χ0n) is 10.8. The van der Waals surface area contributed by atoms with Crippen LogP contribution in [-0.2, 0) is 6.54 Å². The minimum absolute atomic E-state index is 0.0908. The lowest BCUT2D eigenvalue weighted by Gasteiger charge is -2.06. The van der Waals surface area contributed by atoms with Gasteiger partial charge >= 0.3 is 0 Å². The van der Waals surface area contributed by atoms with E-state index in [4.69, 9.17) is 4.74 Å². The number of carbonyl (C=O) groups excluding carboxylic acids is 1. The Morgan fingerprint density at radius 1 is 1.26 bits per heavy atom. The van der Waals surface area contributed by atoms with Gasteiger partial charge in [0.25, 0.3) is 5.91 Å². The summed E-state index contributed by atoms with van der Waals surface area (Å²) in [5.41, 5.74) is 1.66. The zero-order valence-corrected chi connectivity index (χ0v) is 10.8. The highest BCUT2D eigenvalue weighted by Crippen LogP contribution is 2.12. The van der Waals surface area contributed by atoms with Crippen LogP contribution in [0.3, 0.4) is 0 Å². The third-order valence-electron chi connectivity index (χ3n) is 2.65. The molecule has 0 aliphatic heterocycles. The molecule has 2 rings (SSSR count). The molecule has 0 bridgehead atoms. The molecule has 0 fully saturated rings. The second-order valence-electron chi connectivity index (χ2n) is 4.05. The van der Waals surface area contributed by atoms with Gasteiger partial charge in [-0.15, -0.1) is 0 Å². The van der Waals surface area contributed by atoms with E-state index in [2.05, 4.69) is 10.3 Å². The SMILES string of the molecule is CCOc1ccc(C(=O)NCc2ccc[nH+]c2)cc1. The summed E-state index contributed by atoms with van der Waals surface area (Å²) < 4.78 is 5.33. The quantitative estimate of drug-likeness (QED) is 0.888. The molecule has 0 radical (unpaired) electrons. The molecule has 98 valence electrons. The lowest BCUT2D eigenvalue weighted by molar-refractivity contribution is -0.378. The Balaban J connectivity index is 1.92. The van der Waals surface area contributed by atoms with E-state index in [-0.39, 0.29) is 5.91 Å². The summed E-state index contributed by atoms with van der Waals surface area (Å²) >= 11 is 0. The first-order valence-corrected chi connectivity index (χ1v) is 6.25. The molecule has 0 aliphatic rings. The van der Waals surface area contributed by atoms with Crippen LogP contribution < -0.4 is 15.0 Å². The van der Waals surface area contributed by atoms with Crippen molar-refractivity contribution in [3.8, 4) is 5.75 Å². The molecule has 19 heavy (non-hydrogen) atoms. The zero-order chi connectivity index (χ0) is 13.5. The summed E-state index contributed by atoms with van der Waals surface area (Å²) in [6, 6.07) is 11.0. The van der Waals surface area contributed by atoms with Crippen molar-refractivity contribution in [1.82, 2.24) is 5.32 Å². The average Bonchev–Trinajstić information content (AvgIpc) is 2.47. The standard InChI is InChI=1S/C15H16N2O2/c1-2-19-14-7-5-13(6-8-14)15(18)17-11-12-4-3-9-16-10-12/h3-10H,2,11H2,1H3,(H,17,18)/p+1. The molecule has 0 unspecified atom stereocenters. The number of H-pyrrole nitrogens is 1. The Morgan fingerprint density at radius 2 is 2.05 bits per heavy atom. The highest BCUT2D eigenvalue weighted by Gasteiger charge is 2.05. The normalized spacial score (nSPS) is 9.95. The van der Waals surface area contributed by atoms with Crippen molar-refractivity contribution in [3.05, 3.63) is 59.9 Å². The van der Waals surface area contributed by atoms with Crippen molar-refractivity contribution in [1.29, 1.82) is 0 Å². The Morgan fingerprint density at radius 3 is 2.68 bits per heavy atom. The maximum Gasteiger partial charge on any atom is 0.251 e. The van der Waals surface area contributed by atoms with Crippen LogP contribution in [0, 0.1) is 0 Å². The van der Waals surface area contributed by atoms with Crippen molar-refractivity contribution < 1.29 is 14.5 Å². The number of amides is 1. The second-order valence-corrected chi connectivity index (χ2v) is 4.05. The van der Waals surface area contributed by atoms with Crippen LogP contribution in [-0.4, -0.2) is 12.5 Å². The summed E-state index contributed by atoms with van der Waals surface area (Å²) in [7, 11) is 0. The minimum Gasteiger partial charge on any atom is -0.494 e. The van der Waals surface area contributed by atoms with Gasteiger partial charge in [0.2, 0.25) is 0 Å². The molecule has 2 N–H and O–H groups in total. The van der Waals surface area contributed by atoms with E-state index >= 15 is 0 Å². The summed E-state index contributed by atoms with van der Waals surface area (Å²) in [6.45, 7) is 3.05. The van der Waals surface area contributed by atoms with Crippen LogP contribution in [0.25, 0.3) is 0 Å². The number of nitrogens with one attached hydrogen (secondary N) is 2. The first kappa shape index (κ1) is 13.1. The predicted molar refractivity (Wildman–Crippen MR) is 71.8 cm³/mol. The molecule has 0 saturated carbocycles. The number of hydrogen-bond donors (Lipinski definition) is 1. The molecule has 4 nitrogen and oxygen atoms in total. The summed E-state index contributed by atoms with van der Waals surface area (Å²) in [5, 5.41) is 2.87. The fourth-order valence-corrected chi connectivity index (χ4v) is 1.69. The Kier molecular flexibility index (Phi) is 4.50. The fourth-order valence-electron chi connectivity index (χ4n) is 1.69. The first-order valence-electron chi connectivity index (χ1n) is 6.25. The summed E-state index contributed by atoms with van der Waals surface area (Å²) in [5.74, 6) is 0.684. The van der Waals surface area contributed by atoms with Crippen LogP contribution in [0.2, 0.25) is 0 Å². The van der Waals surface area contributed by atoms with Crippen molar-refractivity contribution in [2.75, 3.05) is 6.61 Å². The van der Waals surface area contributed by atoms with Gasteiger partial charge in [-0.2, -0.15) is 0 Å². The third kappa shape index (κ3) is 3.81. The largest absolute Gasteiger partial charge is 0.494 e. The van der Waals surface area contributed by atoms with Gasteiger partial charge in [0.15, 0.2) is 12.4 Å². The number of ether oxygens (including phenoxy) is 1. The first-order chi connectivity index (χ1) is 9.29. The van der Waals surface area contributed by atoms with E-state index in [1.54, 1.807) is 24.3 Å². The number of benzene rings is 1.